The van der Waals surface area contributed by atoms with E-state index in [4.69, 9.17) is 9.47 Å². The van der Waals surface area contributed by atoms with Crippen LogP contribution in [0.3, 0.4) is 0 Å². The largest absolute Gasteiger partial charge is 0.497 e. The van der Waals surface area contributed by atoms with Crippen LogP contribution in [0, 0.1) is 0 Å². The van der Waals surface area contributed by atoms with E-state index < -0.39 is 9.84 Å². The van der Waals surface area contributed by atoms with E-state index in [9.17, 15) is 13.2 Å². The van der Waals surface area contributed by atoms with Gasteiger partial charge in [-0.15, -0.1) is 11.8 Å². The first-order valence-corrected chi connectivity index (χ1v) is 13.8. The van der Waals surface area contributed by atoms with Gasteiger partial charge < -0.3 is 14.0 Å². The highest BCUT2D eigenvalue weighted by atomic mass is 32.2. The highest BCUT2D eigenvalue weighted by Crippen LogP contribution is 2.23. The standard InChI is InChI=1S/C22H26N2O5S3/c1-4-29-13-12-24-19-10-9-18(32(3,26)27)15-20(19)31-22(24)23-21(25)11-14-30-17-7-5-16(28-2)6-8-17/h5-10,15H,4,11-14H2,1-3H3. The fourth-order valence-corrected chi connectivity index (χ4v) is 5.65. The average molecular weight is 495 g/mol. The second-order valence-corrected chi connectivity index (χ2v) is 11.1. The molecule has 172 valence electrons. The molecule has 1 amide bonds. The number of rotatable bonds is 10. The molecule has 0 unspecified atom stereocenters. The number of thioether (sulfide) groups is 1. The van der Waals surface area contributed by atoms with Gasteiger partial charge in [-0.2, -0.15) is 4.99 Å². The zero-order valence-electron chi connectivity index (χ0n) is 18.2. The van der Waals surface area contributed by atoms with Crippen molar-refractivity contribution >= 4 is 49.1 Å². The maximum atomic E-state index is 12.6. The summed E-state index contributed by atoms with van der Waals surface area (Å²) in [6.45, 7) is 3.52. The van der Waals surface area contributed by atoms with E-state index in [2.05, 4.69) is 4.99 Å². The fourth-order valence-electron chi connectivity index (χ4n) is 2.98. The lowest BCUT2D eigenvalue weighted by molar-refractivity contribution is -0.117. The van der Waals surface area contributed by atoms with Gasteiger partial charge in [0.25, 0.3) is 0 Å². The maximum absolute atomic E-state index is 12.6. The minimum absolute atomic E-state index is 0.217. The lowest BCUT2D eigenvalue weighted by Gasteiger charge is -2.06. The molecule has 10 heteroatoms. The molecule has 32 heavy (non-hydrogen) atoms. The molecule has 0 radical (unpaired) electrons. The zero-order chi connectivity index (χ0) is 23.1. The Morgan fingerprint density at radius 3 is 2.59 bits per heavy atom. The fraction of sp³-hybridized carbons (Fsp3) is 0.364. The predicted molar refractivity (Wildman–Crippen MR) is 128 cm³/mol. The summed E-state index contributed by atoms with van der Waals surface area (Å²) in [4.78, 5) is 18.7. The number of nitrogens with zero attached hydrogens (tertiary/aromatic N) is 2. The van der Waals surface area contributed by atoms with Crippen LogP contribution in [0.4, 0.5) is 0 Å². The molecular weight excluding hydrogens is 468 g/mol. The molecule has 1 heterocycles. The van der Waals surface area contributed by atoms with Crippen LogP contribution >= 0.6 is 23.1 Å². The first-order chi connectivity index (χ1) is 15.3. The number of carbonyl (C=O) groups excluding carboxylic acids is 1. The quantitative estimate of drug-likeness (QED) is 0.315. The first-order valence-electron chi connectivity index (χ1n) is 10.1. The number of ether oxygens (including phenoxy) is 2. The number of fused-ring (bicyclic) bond motifs is 1. The predicted octanol–water partition coefficient (Wildman–Crippen LogP) is 3.76. The van der Waals surface area contributed by atoms with Gasteiger partial charge in [-0.1, -0.05) is 11.3 Å². The summed E-state index contributed by atoms with van der Waals surface area (Å²) < 4.78 is 37.1. The Morgan fingerprint density at radius 1 is 1.19 bits per heavy atom. The van der Waals surface area contributed by atoms with E-state index in [1.807, 2.05) is 35.8 Å². The molecule has 0 spiro atoms. The maximum Gasteiger partial charge on any atom is 0.249 e. The molecular formula is C22H26N2O5S3. The average Bonchev–Trinajstić information content (AvgIpc) is 3.10. The van der Waals surface area contributed by atoms with Crippen LogP contribution < -0.4 is 9.54 Å². The molecule has 0 atom stereocenters. The van der Waals surface area contributed by atoms with Crippen LogP contribution in [0.25, 0.3) is 10.2 Å². The van der Waals surface area contributed by atoms with Crippen LogP contribution in [-0.4, -0.2) is 51.2 Å². The van der Waals surface area contributed by atoms with Crippen molar-refractivity contribution in [3.63, 3.8) is 0 Å². The molecule has 0 aliphatic heterocycles. The van der Waals surface area contributed by atoms with Gasteiger partial charge in [0.2, 0.25) is 5.91 Å². The SMILES string of the molecule is CCOCCn1c(=NC(=O)CCSc2ccc(OC)cc2)sc2cc(S(C)(=O)=O)ccc21. The molecule has 7 nitrogen and oxygen atoms in total. The van der Waals surface area contributed by atoms with Gasteiger partial charge in [-0.25, -0.2) is 8.42 Å². The van der Waals surface area contributed by atoms with Crippen LogP contribution in [-0.2, 0) is 25.9 Å². The third kappa shape index (κ3) is 6.44. The normalized spacial score (nSPS) is 12.4. The Morgan fingerprint density at radius 2 is 1.94 bits per heavy atom. The molecule has 0 aliphatic carbocycles. The topological polar surface area (TPSA) is 87.0 Å². The lowest BCUT2D eigenvalue weighted by Crippen LogP contribution is -2.19. The van der Waals surface area contributed by atoms with E-state index in [1.54, 1.807) is 37.1 Å². The van der Waals surface area contributed by atoms with Gasteiger partial charge in [0.15, 0.2) is 14.6 Å². The van der Waals surface area contributed by atoms with Crippen molar-refractivity contribution in [1.82, 2.24) is 4.57 Å². The Kier molecular flexibility index (Phi) is 8.52. The number of sulfone groups is 1. The molecule has 3 rings (SSSR count). The number of carbonyl (C=O) groups is 1. The van der Waals surface area contributed by atoms with E-state index in [-0.39, 0.29) is 10.8 Å². The van der Waals surface area contributed by atoms with Crippen molar-refractivity contribution in [2.75, 3.05) is 32.3 Å². The molecule has 0 saturated heterocycles. The second-order valence-electron chi connectivity index (χ2n) is 6.91. The van der Waals surface area contributed by atoms with Gasteiger partial charge in [0, 0.05) is 36.5 Å². The first kappa shape index (κ1) is 24.5. The van der Waals surface area contributed by atoms with Crippen LogP contribution in [0.5, 0.6) is 5.75 Å². The molecule has 3 aromatic rings. The van der Waals surface area contributed by atoms with Crippen LogP contribution in [0.15, 0.2) is 57.2 Å². The molecule has 0 aliphatic rings. The van der Waals surface area contributed by atoms with Crippen molar-refractivity contribution < 1.29 is 22.7 Å². The third-order valence-corrected chi connectivity index (χ3v) is 7.78. The number of hydrogen-bond donors (Lipinski definition) is 0. The molecule has 0 saturated carbocycles. The Bertz CT molecular complexity index is 1240. The molecule has 0 fully saturated rings. The number of thiazole rings is 1. The summed E-state index contributed by atoms with van der Waals surface area (Å²) in [6, 6.07) is 12.7. The summed E-state index contributed by atoms with van der Waals surface area (Å²) in [7, 11) is -1.70. The summed E-state index contributed by atoms with van der Waals surface area (Å²) in [6.07, 6.45) is 1.48. The van der Waals surface area contributed by atoms with Crippen LogP contribution in [0.2, 0.25) is 0 Å². The number of amides is 1. The minimum atomic E-state index is -3.32. The van der Waals surface area contributed by atoms with Crippen LogP contribution in [0.1, 0.15) is 13.3 Å². The van der Waals surface area contributed by atoms with Gasteiger partial charge in [0.05, 0.1) is 28.8 Å². The Labute approximate surface area is 196 Å². The summed E-state index contributed by atoms with van der Waals surface area (Å²) >= 11 is 2.89. The number of benzene rings is 2. The van der Waals surface area contributed by atoms with Crippen molar-refractivity contribution in [3.05, 3.63) is 47.3 Å². The molecule has 1 aromatic heterocycles. The van der Waals surface area contributed by atoms with Crippen molar-refractivity contribution in [1.29, 1.82) is 0 Å². The van der Waals surface area contributed by atoms with Crippen molar-refractivity contribution in [2.24, 2.45) is 4.99 Å². The number of hydrogen-bond acceptors (Lipinski definition) is 7. The smallest absolute Gasteiger partial charge is 0.249 e. The summed E-state index contributed by atoms with van der Waals surface area (Å²) in [5.74, 6) is 1.18. The summed E-state index contributed by atoms with van der Waals surface area (Å²) in [5.41, 5.74) is 0.835. The van der Waals surface area contributed by atoms with Gasteiger partial charge in [0.1, 0.15) is 5.75 Å². The third-order valence-electron chi connectivity index (χ3n) is 4.61. The minimum Gasteiger partial charge on any atom is -0.497 e. The highest BCUT2D eigenvalue weighted by Gasteiger charge is 2.13. The zero-order valence-corrected chi connectivity index (χ0v) is 20.7. The monoisotopic (exact) mass is 494 g/mol. The van der Waals surface area contributed by atoms with E-state index in [0.717, 1.165) is 20.9 Å². The van der Waals surface area contributed by atoms with E-state index in [0.29, 0.717) is 36.7 Å². The highest BCUT2D eigenvalue weighted by molar-refractivity contribution is 7.99. The lowest BCUT2D eigenvalue weighted by atomic mass is 10.3. The molecule has 2 aromatic carbocycles. The van der Waals surface area contributed by atoms with E-state index >= 15 is 0 Å². The van der Waals surface area contributed by atoms with Gasteiger partial charge in [-0.05, 0) is 49.4 Å². The van der Waals surface area contributed by atoms with Crippen molar-refractivity contribution in [2.45, 2.75) is 29.7 Å². The Balaban J connectivity index is 1.80. The van der Waals surface area contributed by atoms with Crippen molar-refractivity contribution in [3.8, 4) is 5.75 Å². The second kappa shape index (κ2) is 11.1. The van der Waals surface area contributed by atoms with Gasteiger partial charge >= 0.3 is 0 Å². The molecule has 0 bridgehead atoms. The van der Waals surface area contributed by atoms with E-state index in [1.165, 1.54) is 17.6 Å². The van der Waals surface area contributed by atoms with Gasteiger partial charge in [-0.3, -0.25) is 4.79 Å². The molecule has 0 N–H and O–H groups in total. The summed E-state index contributed by atoms with van der Waals surface area (Å²) in [5, 5.41) is 0. The number of methoxy groups -OCH3 is 1. The number of aromatic nitrogens is 1. The Hall–Kier alpha value is -2.14.